The lowest BCUT2D eigenvalue weighted by Crippen LogP contribution is -2.37. The molecule has 0 unspecified atom stereocenters. The number of methoxy groups -OCH3 is 1. The highest BCUT2D eigenvalue weighted by Gasteiger charge is 2.29. The van der Waals surface area contributed by atoms with Crippen LogP contribution in [0.1, 0.15) is 27.2 Å². The van der Waals surface area contributed by atoms with E-state index in [2.05, 4.69) is 5.32 Å². The number of anilines is 2. The maximum Gasteiger partial charge on any atom is 0.341 e. The van der Waals surface area contributed by atoms with Gasteiger partial charge in [-0.1, -0.05) is 36.4 Å². The Morgan fingerprint density at radius 3 is 2.61 bits per heavy atom. The van der Waals surface area contributed by atoms with E-state index in [9.17, 15) is 18.0 Å². The fourth-order valence-corrected chi connectivity index (χ4v) is 6.08. The van der Waals surface area contributed by atoms with Crippen molar-refractivity contribution in [2.45, 2.75) is 19.3 Å². The van der Waals surface area contributed by atoms with Crippen LogP contribution in [-0.4, -0.2) is 40.2 Å². The van der Waals surface area contributed by atoms with Crippen LogP contribution in [0.4, 0.5) is 10.7 Å². The number of rotatable bonds is 6. The summed E-state index contributed by atoms with van der Waals surface area (Å²) < 4.78 is 31.1. The average molecular weight is 459 g/mol. The second-order valence-corrected chi connectivity index (χ2v) is 10.4. The van der Waals surface area contributed by atoms with E-state index in [0.717, 1.165) is 51.0 Å². The molecule has 1 aromatic heterocycles. The Labute approximate surface area is 184 Å². The van der Waals surface area contributed by atoms with E-state index < -0.39 is 28.4 Å². The van der Waals surface area contributed by atoms with E-state index >= 15 is 0 Å². The molecule has 162 valence electrons. The molecule has 9 heteroatoms. The van der Waals surface area contributed by atoms with Gasteiger partial charge in [-0.15, -0.1) is 11.3 Å². The molecule has 0 spiro atoms. The molecule has 0 saturated heterocycles. The summed E-state index contributed by atoms with van der Waals surface area (Å²) in [5.74, 6) is -1.02. The highest BCUT2D eigenvalue weighted by Crippen LogP contribution is 2.39. The van der Waals surface area contributed by atoms with Gasteiger partial charge in [-0.3, -0.25) is 9.10 Å². The number of hydrogen-bond donors (Lipinski definition) is 1. The summed E-state index contributed by atoms with van der Waals surface area (Å²) in [7, 11) is -2.44. The molecular weight excluding hydrogens is 436 g/mol. The summed E-state index contributed by atoms with van der Waals surface area (Å²) in [5, 5.41) is 4.76. The summed E-state index contributed by atoms with van der Waals surface area (Å²) in [6, 6.07) is 12.7. The van der Waals surface area contributed by atoms with Gasteiger partial charge in [-0.2, -0.15) is 0 Å². The molecule has 0 aliphatic heterocycles. The Morgan fingerprint density at radius 1 is 1.13 bits per heavy atom. The monoisotopic (exact) mass is 458 g/mol. The van der Waals surface area contributed by atoms with E-state index in [1.54, 1.807) is 12.1 Å². The van der Waals surface area contributed by atoms with Crippen molar-refractivity contribution in [1.82, 2.24) is 0 Å². The molecule has 1 aliphatic carbocycles. The first kappa shape index (κ1) is 21.3. The number of aryl methyl sites for hydroxylation is 1. The first-order chi connectivity index (χ1) is 14.8. The zero-order valence-electron chi connectivity index (χ0n) is 17.2. The summed E-state index contributed by atoms with van der Waals surface area (Å²) in [5.41, 5.74) is 1.73. The van der Waals surface area contributed by atoms with Crippen molar-refractivity contribution in [3.63, 3.8) is 0 Å². The van der Waals surface area contributed by atoms with Crippen molar-refractivity contribution >= 4 is 54.7 Å². The molecule has 1 aliphatic rings. The van der Waals surface area contributed by atoms with E-state index in [1.165, 1.54) is 18.4 Å². The molecule has 31 heavy (non-hydrogen) atoms. The van der Waals surface area contributed by atoms with Crippen molar-refractivity contribution in [2.24, 2.45) is 0 Å². The normalized spacial score (nSPS) is 13.1. The lowest BCUT2D eigenvalue weighted by molar-refractivity contribution is -0.114. The maximum absolute atomic E-state index is 12.9. The Kier molecular flexibility index (Phi) is 5.72. The summed E-state index contributed by atoms with van der Waals surface area (Å²) in [6.45, 7) is -0.407. The van der Waals surface area contributed by atoms with Gasteiger partial charge in [0.15, 0.2) is 0 Å². The lowest BCUT2D eigenvalue weighted by atomic mass is 10.1. The molecule has 1 heterocycles. The number of ether oxygens (including phenoxy) is 1. The van der Waals surface area contributed by atoms with Crippen LogP contribution in [0.15, 0.2) is 42.5 Å². The zero-order chi connectivity index (χ0) is 22.2. The van der Waals surface area contributed by atoms with Gasteiger partial charge in [0.1, 0.15) is 11.5 Å². The molecule has 2 aromatic carbocycles. The molecule has 3 aromatic rings. The summed E-state index contributed by atoms with van der Waals surface area (Å²) >= 11 is 1.35. The fourth-order valence-electron chi connectivity index (χ4n) is 3.91. The Morgan fingerprint density at radius 2 is 1.87 bits per heavy atom. The number of amides is 1. The van der Waals surface area contributed by atoms with Crippen LogP contribution in [-0.2, 0) is 32.4 Å². The molecule has 0 bridgehead atoms. The van der Waals surface area contributed by atoms with Gasteiger partial charge in [0.05, 0.1) is 24.6 Å². The number of benzene rings is 2. The third kappa shape index (κ3) is 4.15. The van der Waals surface area contributed by atoms with Crippen LogP contribution in [0.5, 0.6) is 0 Å². The Balaban J connectivity index is 1.66. The molecule has 7 nitrogen and oxygen atoms in total. The maximum atomic E-state index is 12.9. The lowest BCUT2D eigenvalue weighted by Gasteiger charge is -2.23. The van der Waals surface area contributed by atoms with Gasteiger partial charge in [0, 0.05) is 10.3 Å². The topological polar surface area (TPSA) is 92.8 Å². The van der Waals surface area contributed by atoms with Crippen LogP contribution < -0.4 is 9.62 Å². The van der Waals surface area contributed by atoms with Gasteiger partial charge < -0.3 is 10.1 Å². The second kappa shape index (κ2) is 8.32. The first-order valence-electron chi connectivity index (χ1n) is 9.77. The molecular formula is C22H22N2O5S2. The summed E-state index contributed by atoms with van der Waals surface area (Å²) in [6.07, 6.45) is 3.65. The minimum absolute atomic E-state index is 0.379. The SMILES string of the molecule is COC(=O)c1c(NC(=O)CN(c2cccc3ccccc23)S(C)(=O)=O)sc2c1CCC2. The number of carbonyl (C=O) groups is 2. The van der Waals surface area contributed by atoms with E-state index in [4.69, 9.17) is 4.74 Å². The van der Waals surface area contributed by atoms with Crippen molar-refractivity contribution < 1.29 is 22.7 Å². The first-order valence-corrected chi connectivity index (χ1v) is 12.4. The quantitative estimate of drug-likeness (QED) is 0.570. The summed E-state index contributed by atoms with van der Waals surface area (Å²) in [4.78, 5) is 26.3. The van der Waals surface area contributed by atoms with Gasteiger partial charge in [0.2, 0.25) is 15.9 Å². The minimum atomic E-state index is -3.74. The predicted octanol–water partition coefficient (Wildman–Crippen LogP) is 3.58. The van der Waals surface area contributed by atoms with Gasteiger partial charge >= 0.3 is 5.97 Å². The predicted molar refractivity (Wildman–Crippen MR) is 122 cm³/mol. The van der Waals surface area contributed by atoms with E-state index in [0.29, 0.717) is 16.3 Å². The number of hydrogen-bond acceptors (Lipinski definition) is 6. The van der Waals surface area contributed by atoms with Crippen molar-refractivity contribution in [3.8, 4) is 0 Å². The molecule has 1 amide bonds. The van der Waals surface area contributed by atoms with Gasteiger partial charge in [-0.05, 0) is 36.3 Å². The highest BCUT2D eigenvalue weighted by molar-refractivity contribution is 7.92. The smallest absolute Gasteiger partial charge is 0.341 e. The molecule has 0 fully saturated rings. The highest BCUT2D eigenvalue weighted by atomic mass is 32.2. The standard InChI is InChI=1S/C22H22N2O5S2/c1-29-22(26)20-16-10-6-12-18(16)30-21(20)23-19(25)13-24(31(2,27)28)17-11-5-8-14-7-3-4-9-15(14)17/h3-5,7-9,11H,6,10,12-13H2,1-2H3,(H,23,25). The molecule has 0 radical (unpaired) electrons. The van der Waals surface area contributed by atoms with Crippen LogP contribution in [0.3, 0.4) is 0 Å². The number of nitrogens with one attached hydrogen (secondary N) is 1. The van der Waals surface area contributed by atoms with Gasteiger partial charge in [0.25, 0.3) is 0 Å². The number of sulfonamides is 1. The number of fused-ring (bicyclic) bond motifs is 2. The minimum Gasteiger partial charge on any atom is -0.465 e. The number of esters is 1. The van der Waals surface area contributed by atoms with Crippen molar-refractivity contribution in [2.75, 3.05) is 29.5 Å². The Bertz CT molecular complexity index is 1280. The molecule has 0 saturated carbocycles. The van der Waals surface area contributed by atoms with E-state index in [1.807, 2.05) is 30.3 Å². The van der Waals surface area contributed by atoms with Crippen molar-refractivity contribution in [1.29, 1.82) is 0 Å². The average Bonchev–Trinajstić information content (AvgIpc) is 3.31. The zero-order valence-corrected chi connectivity index (χ0v) is 18.8. The van der Waals surface area contributed by atoms with Crippen molar-refractivity contribution in [3.05, 3.63) is 58.5 Å². The van der Waals surface area contributed by atoms with Crippen LogP contribution >= 0.6 is 11.3 Å². The third-order valence-corrected chi connectivity index (χ3v) is 7.62. The van der Waals surface area contributed by atoms with Crippen LogP contribution in [0.2, 0.25) is 0 Å². The van der Waals surface area contributed by atoms with E-state index in [-0.39, 0.29) is 0 Å². The molecule has 0 atom stereocenters. The molecule has 1 N–H and O–H groups in total. The Hall–Kier alpha value is -2.91. The molecule has 4 rings (SSSR count). The van der Waals surface area contributed by atoms with Crippen LogP contribution in [0.25, 0.3) is 10.8 Å². The second-order valence-electron chi connectivity index (χ2n) is 7.37. The largest absolute Gasteiger partial charge is 0.465 e. The number of carbonyl (C=O) groups excluding carboxylic acids is 2. The number of thiophene rings is 1. The van der Waals surface area contributed by atoms with Gasteiger partial charge in [-0.25, -0.2) is 13.2 Å². The number of nitrogens with zero attached hydrogens (tertiary/aromatic N) is 1. The van der Waals surface area contributed by atoms with Crippen LogP contribution in [0, 0.1) is 0 Å². The third-order valence-electron chi connectivity index (χ3n) is 5.29. The fraction of sp³-hybridized carbons (Fsp3) is 0.273.